The number of carbonyl (C=O) groups is 1. The number of halogens is 2. The van der Waals surface area contributed by atoms with Gasteiger partial charge in [-0.1, -0.05) is 19.1 Å². The molecule has 1 heterocycles. The molecule has 146 valence electrons. The number of guanidine groups is 1. The fraction of sp³-hybridized carbons (Fsp3) is 0.556. The lowest BCUT2D eigenvalue weighted by Crippen LogP contribution is -2.47. The van der Waals surface area contributed by atoms with E-state index in [1.54, 1.807) is 25.2 Å². The van der Waals surface area contributed by atoms with Crippen LogP contribution < -0.4 is 15.4 Å². The van der Waals surface area contributed by atoms with Crippen LogP contribution in [0.25, 0.3) is 0 Å². The molecule has 0 bridgehead atoms. The third-order valence-corrected chi connectivity index (χ3v) is 4.13. The topological polar surface area (TPSA) is 66.0 Å². The van der Waals surface area contributed by atoms with Crippen molar-refractivity contribution in [3.8, 4) is 5.75 Å². The van der Waals surface area contributed by atoms with Crippen molar-refractivity contribution in [2.75, 3.05) is 26.7 Å². The number of hydrogen-bond donors (Lipinski definition) is 2. The molecule has 2 rings (SSSR count). The molecule has 0 spiro atoms. The van der Waals surface area contributed by atoms with Crippen LogP contribution in [0.1, 0.15) is 26.7 Å². The molecule has 2 atom stereocenters. The molecule has 2 N–H and O–H groups in total. The lowest BCUT2D eigenvalue weighted by molar-refractivity contribution is -0.129. The molecule has 1 aliphatic heterocycles. The highest BCUT2D eigenvalue weighted by Crippen LogP contribution is 2.16. The van der Waals surface area contributed by atoms with Crippen LogP contribution >= 0.6 is 24.0 Å². The Balaban J connectivity index is 0.00000338. The number of hydrogen-bond acceptors (Lipinski definition) is 3. The number of aliphatic imine (C=N–C) groups is 1. The van der Waals surface area contributed by atoms with Gasteiger partial charge in [-0.25, -0.2) is 4.39 Å². The first-order valence-corrected chi connectivity index (χ1v) is 8.69. The molecule has 26 heavy (non-hydrogen) atoms. The van der Waals surface area contributed by atoms with Gasteiger partial charge in [0.2, 0.25) is 5.91 Å². The zero-order valence-corrected chi connectivity index (χ0v) is 17.8. The average molecular weight is 478 g/mol. The van der Waals surface area contributed by atoms with Gasteiger partial charge in [0.15, 0.2) is 17.5 Å². The van der Waals surface area contributed by atoms with Crippen LogP contribution in [0.5, 0.6) is 5.75 Å². The predicted molar refractivity (Wildman–Crippen MR) is 112 cm³/mol. The number of para-hydroxylation sites is 1. The summed E-state index contributed by atoms with van der Waals surface area (Å²) in [6.07, 6.45) is 1.20. The second-order valence-corrected chi connectivity index (χ2v) is 6.14. The Morgan fingerprint density at radius 1 is 1.46 bits per heavy atom. The molecule has 0 saturated carbocycles. The summed E-state index contributed by atoms with van der Waals surface area (Å²) < 4.78 is 19.2. The van der Waals surface area contributed by atoms with Crippen LogP contribution in [0.4, 0.5) is 4.39 Å². The number of rotatable bonds is 6. The Morgan fingerprint density at radius 3 is 2.85 bits per heavy atom. The van der Waals surface area contributed by atoms with Crippen LogP contribution in [0, 0.1) is 5.82 Å². The first-order valence-electron chi connectivity index (χ1n) is 8.69. The normalized spacial score (nSPS) is 18.1. The van der Waals surface area contributed by atoms with Gasteiger partial charge in [-0.15, -0.1) is 24.0 Å². The minimum atomic E-state index is -0.372. The van der Waals surface area contributed by atoms with E-state index in [1.807, 2.05) is 18.7 Å². The summed E-state index contributed by atoms with van der Waals surface area (Å²) in [5, 5.41) is 6.50. The molecule has 1 aromatic rings. The molecule has 0 aromatic heterocycles. The zero-order chi connectivity index (χ0) is 18.2. The van der Waals surface area contributed by atoms with E-state index in [-0.39, 0.29) is 53.6 Å². The molecule has 8 heteroatoms. The maximum atomic E-state index is 13.6. The smallest absolute Gasteiger partial charge is 0.222 e. The van der Waals surface area contributed by atoms with Crippen molar-refractivity contribution < 1.29 is 13.9 Å². The van der Waals surface area contributed by atoms with E-state index in [2.05, 4.69) is 15.6 Å². The number of carbonyl (C=O) groups excluding carboxylic acids is 1. The first-order chi connectivity index (χ1) is 12.0. The predicted octanol–water partition coefficient (Wildman–Crippen LogP) is 2.39. The van der Waals surface area contributed by atoms with Crippen LogP contribution in [0.2, 0.25) is 0 Å². The van der Waals surface area contributed by atoms with Crippen molar-refractivity contribution in [1.29, 1.82) is 0 Å². The summed E-state index contributed by atoms with van der Waals surface area (Å²) in [6.45, 7) is 5.69. The number of nitrogens with one attached hydrogen (secondary N) is 2. The number of nitrogens with zero attached hydrogens (tertiary/aromatic N) is 2. The average Bonchev–Trinajstić information content (AvgIpc) is 3.08. The Hall–Kier alpha value is -1.58. The maximum Gasteiger partial charge on any atom is 0.222 e. The summed E-state index contributed by atoms with van der Waals surface area (Å²) >= 11 is 0. The zero-order valence-electron chi connectivity index (χ0n) is 15.5. The van der Waals surface area contributed by atoms with Crippen molar-refractivity contribution >= 4 is 35.8 Å². The van der Waals surface area contributed by atoms with Crippen molar-refractivity contribution in [2.24, 2.45) is 4.99 Å². The number of ether oxygens (including phenoxy) is 1. The molecular weight excluding hydrogens is 450 g/mol. The van der Waals surface area contributed by atoms with Gasteiger partial charge in [-0.05, 0) is 25.5 Å². The van der Waals surface area contributed by atoms with Gasteiger partial charge >= 0.3 is 0 Å². The highest BCUT2D eigenvalue weighted by Gasteiger charge is 2.25. The van der Waals surface area contributed by atoms with Gasteiger partial charge in [0, 0.05) is 32.6 Å². The highest BCUT2D eigenvalue weighted by atomic mass is 127. The van der Waals surface area contributed by atoms with Crippen LogP contribution in [-0.2, 0) is 4.79 Å². The standard InChI is InChI=1S/C18H27FN4O2.HI/c1-4-17(24)23-10-9-14(12-23)22-18(20-3)21-11-13(2)25-16-8-6-5-7-15(16)19;/h5-8,13-14H,4,9-12H2,1-3H3,(H2,20,21,22);1H. The molecule has 1 aromatic carbocycles. The van der Waals surface area contributed by atoms with E-state index in [1.165, 1.54) is 6.07 Å². The van der Waals surface area contributed by atoms with Crippen molar-refractivity contribution in [3.05, 3.63) is 30.1 Å². The monoisotopic (exact) mass is 478 g/mol. The molecule has 0 radical (unpaired) electrons. The lowest BCUT2D eigenvalue weighted by atomic mass is 10.3. The minimum absolute atomic E-state index is 0. The second kappa shape index (κ2) is 11.2. The number of likely N-dealkylation sites (tertiary alicyclic amines) is 1. The summed E-state index contributed by atoms with van der Waals surface area (Å²) in [4.78, 5) is 17.8. The van der Waals surface area contributed by atoms with E-state index < -0.39 is 0 Å². The SMILES string of the molecule is CCC(=O)N1CCC(NC(=NC)NCC(C)Oc2ccccc2F)C1.I. The molecule has 0 aliphatic carbocycles. The van der Waals surface area contributed by atoms with E-state index >= 15 is 0 Å². The summed E-state index contributed by atoms with van der Waals surface area (Å²) in [5.74, 6) is 0.701. The molecule has 1 saturated heterocycles. The number of benzene rings is 1. The lowest BCUT2D eigenvalue weighted by Gasteiger charge is -2.21. The molecule has 6 nitrogen and oxygen atoms in total. The van der Waals surface area contributed by atoms with E-state index in [4.69, 9.17) is 4.74 Å². The first kappa shape index (κ1) is 22.5. The van der Waals surface area contributed by atoms with Crippen LogP contribution in [0.15, 0.2) is 29.3 Å². The fourth-order valence-electron chi connectivity index (χ4n) is 2.76. The molecule has 1 fully saturated rings. The van der Waals surface area contributed by atoms with Gasteiger partial charge < -0.3 is 20.3 Å². The van der Waals surface area contributed by atoms with Crippen LogP contribution in [0.3, 0.4) is 0 Å². The Morgan fingerprint density at radius 2 is 2.19 bits per heavy atom. The van der Waals surface area contributed by atoms with Gasteiger partial charge in [0.25, 0.3) is 0 Å². The van der Waals surface area contributed by atoms with Gasteiger partial charge in [-0.3, -0.25) is 9.79 Å². The Bertz CT molecular complexity index is 615. The van der Waals surface area contributed by atoms with Gasteiger partial charge in [-0.2, -0.15) is 0 Å². The molecular formula is C18H28FIN4O2. The molecule has 1 amide bonds. The summed E-state index contributed by atoms with van der Waals surface area (Å²) in [7, 11) is 1.70. The fourth-order valence-corrected chi connectivity index (χ4v) is 2.76. The molecule has 2 unspecified atom stereocenters. The highest BCUT2D eigenvalue weighted by molar-refractivity contribution is 14.0. The van der Waals surface area contributed by atoms with Crippen LogP contribution in [-0.4, -0.2) is 55.6 Å². The summed E-state index contributed by atoms with van der Waals surface area (Å²) in [6, 6.07) is 6.54. The summed E-state index contributed by atoms with van der Waals surface area (Å²) in [5.41, 5.74) is 0. The number of amides is 1. The Labute approximate surface area is 171 Å². The van der Waals surface area contributed by atoms with Crippen molar-refractivity contribution in [3.63, 3.8) is 0 Å². The van der Waals surface area contributed by atoms with E-state index in [0.717, 1.165) is 13.0 Å². The second-order valence-electron chi connectivity index (χ2n) is 6.14. The quantitative estimate of drug-likeness (QED) is 0.375. The van der Waals surface area contributed by atoms with Crippen molar-refractivity contribution in [1.82, 2.24) is 15.5 Å². The minimum Gasteiger partial charge on any atom is -0.486 e. The maximum absolute atomic E-state index is 13.6. The van der Waals surface area contributed by atoms with Gasteiger partial charge in [0.1, 0.15) is 6.10 Å². The van der Waals surface area contributed by atoms with Crippen molar-refractivity contribution in [2.45, 2.75) is 38.8 Å². The Kier molecular flexibility index (Phi) is 9.68. The third kappa shape index (κ3) is 6.62. The van der Waals surface area contributed by atoms with Gasteiger partial charge in [0.05, 0.1) is 6.54 Å². The molecule has 1 aliphatic rings. The van der Waals surface area contributed by atoms with E-state index in [0.29, 0.717) is 25.5 Å². The van der Waals surface area contributed by atoms with E-state index in [9.17, 15) is 9.18 Å². The largest absolute Gasteiger partial charge is 0.486 e. The third-order valence-electron chi connectivity index (χ3n) is 4.13.